The number of rotatable bonds is 4. The molecular formula is C27H25ClFN5O3. The second-order valence-corrected chi connectivity index (χ2v) is 10.5. The van der Waals surface area contributed by atoms with Gasteiger partial charge < -0.3 is 9.47 Å². The number of nitrogens with zero attached hydrogens (tertiary/aromatic N) is 5. The van der Waals surface area contributed by atoms with E-state index in [1.54, 1.807) is 18.3 Å². The minimum atomic E-state index is -0.514. The highest BCUT2D eigenvalue weighted by Gasteiger charge is 2.31. The van der Waals surface area contributed by atoms with Crippen LogP contribution in [0.4, 0.5) is 4.39 Å². The van der Waals surface area contributed by atoms with Crippen LogP contribution in [0.2, 0.25) is 5.02 Å². The van der Waals surface area contributed by atoms with E-state index in [4.69, 9.17) is 31.0 Å². The molecule has 0 radical (unpaired) electrons. The first-order valence-corrected chi connectivity index (χ1v) is 13.1. The van der Waals surface area contributed by atoms with Crippen molar-refractivity contribution < 1.29 is 13.9 Å². The van der Waals surface area contributed by atoms with Gasteiger partial charge in [-0.05, 0) is 43.9 Å². The number of hydrogen-bond donors (Lipinski definition) is 0. The quantitative estimate of drug-likeness (QED) is 0.384. The van der Waals surface area contributed by atoms with Crippen LogP contribution in [0.15, 0.2) is 41.6 Å². The second-order valence-electron chi connectivity index (χ2n) is 10.0. The third-order valence-electron chi connectivity index (χ3n) is 7.55. The molecule has 0 bridgehead atoms. The van der Waals surface area contributed by atoms with Gasteiger partial charge in [0.2, 0.25) is 0 Å². The number of halogens is 2. The highest BCUT2D eigenvalue weighted by Crippen LogP contribution is 2.40. The molecule has 10 heteroatoms. The van der Waals surface area contributed by atoms with Crippen molar-refractivity contribution in [2.45, 2.75) is 56.8 Å². The Morgan fingerprint density at radius 1 is 1.11 bits per heavy atom. The van der Waals surface area contributed by atoms with Crippen molar-refractivity contribution in [3.8, 4) is 11.3 Å². The molecule has 5 heterocycles. The lowest BCUT2D eigenvalue weighted by atomic mass is 9.90. The van der Waals surface area contributed by atoms with Crippen molar-refractivity contribution in [2.75, 3.05) is 13.2 Å². The first kappa shape index (κ1) is 23.0. The van der Waals surface area contributed by atoms with E-state index < -0.39 is 5.82 Å². The maximum absolute atomic E-state index is 15.1. The molecule has 1 aliphatic carbocycles. The zero-order valence-electron chi connectivity index (χ0n) is 20.1. The Labute approximate surface area is 217 Å². The van der Waals surface area contributed by atoms with Gasteiger partial charge in [-0.1, -0.05) is 11.6 Å². The van der Waals surface area contributed by atoms with Crippen molar-refractivity contribution in [3.63, 3.8) is 0 Å². The van der Waals surface area contributed by atoms with Crippen LogP contribution in [-0.2, 0) is 22.5 Å². The molecule has 4 aromatic rings. The number of aromatic nitrogens is 5. The van der Waals surface area contributed by atoms with E-state index in [9.17, 15) is 4.79 Å². The Balaban J connectivity index is 1.34. The maximum atomic E-state index is 15.1. The average molecular weight is 522 g/mol. The lowest BCUT2D eigenvalue weighted by Crippen LogP contribution is -2.28. The van der Waals surface area contributed by atoms with Gasteiger partial charge in [0.1, 0.15) is 11.5 Å². The second kappa shape index (κ2) is 9.01. The molecule has 7 rings (SSSR count). The van der Waals surface area contributed by atoms with Crippen LogP contribution in [-0.4, -0.2) is 37.4 Å². The van der Waals surface area contributed by atoms with Gasteiger partial charge >= 0.3 is 0 Å². The van der Waals surface area contributed by atoms with Crippen molar-refractivity contribution in [1.82, 2.24) is 24.1 Å². The molecular weight excluding hydrogens is 497 g/mol. The first-order chi connectivity index (χ1) is 18.0. The molecule has 1 saturated carbocycles. The van der Waals surface area contributed by atoms with Crippen LogP contribution >= 0.6 is 11.6 Å². The first-order valence-electron chi connectivity index (χ1n) is 12.7. The number of ether oxygens (including phenoxy) is 2. The molecule has 2 fully saturated rings. The Morgan fingerprint density at radius 3 is 2.84 bits per heavy atom. The molecule has 8 nitrogen and oxygen atoms in total. The Morgan fingerprint density at radius 2 is 2.00 bits per heavy atom. The van der Waals surface area contributed by atoms with Crippen molar-refractivity contribution in [3.05, 3.63) is 80.5 Å². The minimum absolute atomic E-state index is 0.0211. The lowest BCUT2D eigenvalue weighted by molar-refractivity contribution is 0.00454. The molecule has 37 heavy (non-hydrogen) atoms. The van der Waals surface area contributed by atoms with Gasteiger partial charge in [-0.25, -0.2) is 14.4 Å². The molecule has 0 N–H and O–H groups in total. The van der Waals surface area contributed by atoms with Gasteiger partial charge in [0.15, 0.2) is 5.65 Å². The Bertz CT molecular complexity index is 1580. The average Bonchev–Trinajstić information content (AvgIpc) is 3.65. The van der Waals surface area contributed by atoms with E-state index in [0.29, 0.717) is 54.7 Å². The normalized spacial score (nSPS) is 21.8. The van der Waals surface area contributed by atoms with Crippen molar-refractivity contribution >= 4 is 17.2 Å². The van der Waals surface area contributed by atoms with Gasteiger partial charge in [-0.2, -0.15) is 5.10 Å². The zero-order chi connectivity index (χ0) is 25.1. The van der Waals surface area contributed by atoms with Crippen LogP contribution in [0.1, 0.15) is 66.3 Å². The summed E-state index contributed by atoms with van der Waals surface area (Å²) in [6, 6.07) is 4.96. The van der Waals surface area contributed by atoms with E-state index >= 15 is 4.39 Å². The molecule has 3 aliphatic rings. The lowest BCUT2D eigenvalue weighted by Gasteiger charge is -2.29. The van der Waals surface area contributed by atoms with Crippen molar-refractivity contribution in [2.24, 2.45) is 0 Å². The van der Waals surface area contributed by atoms with Gasteiger partial charge in [-0.15, -0.1) is 0 Å². The summed E-state index contributed by atoms with van der Waals surface area (Å²) in [5.41, 5.74) is 3.72. The van der Waals surface area contributed by atoms with E-state index in [-0.39, 0.29) is 34.8 Å². The number of benzene rings is 1. The van der Waals surface area contributed by atoms with Gasteiger partial charge in [0.25, 0.3) is 5.56 Å². The van der Waals surface area contributed by atoms with E-state index in [1.165, 1.54) is 23.3 Å². The standard InChI is InChI=1S/C27H25ClFN5O3/c28-17-1-4-19(21(29)10-17)25-26-32-23-14-36-7-6-20(23)27(35)33(26)13-22(31-25)15-5-8-37-24(9-15)16-11-30-34(12-16)18-2-3-18/h1,4,10-13,15,18,24H,2-3,5-9,14H2/t15-,24+/m1/s1. The molecule has 190 valence electrons. The predicted molar refractivity (Wildman–Crippen MR) is 134 cm³/mol. The molecule has 0 amide bonds. The molecule has 2 atom stereocenters. The van der Waals surface area contributed by atoms with Gasteiger partial charge in [-0.3, -0.25) is 13.9 Å². The molecule has 0 unspecified atom stereocenters. The summed E-state index contributed by atoms with van der Waals surface area (Å²) >= 11 is 6.03. The molecule has 2 aliphatic heterocycles. The van der Waals surface area contributed by atoms with E-state index in [1.807, 2.05) is 10.9 Å². The highest BCUT2D eigenvalue weighted by atomic mass is 35.5. The summed E-state index contributed by atoms with van der Waals surface area (Å²) in [7, 11) is 0. The molecule has 0 spiro atoms. The topological polar surface area (TPSA) is 83.5 Å². The summed E-state index contributed by atoms with van der Waals surface area (Å²) < 4.78 is 30.3. The zero-order valence-corrected chi connectivity index (χ0v) is 20.8. The van der Waals surface area contributed by atoms with Crippen molar-refractivity contribution in [1.29, 1.82) is 0 Å². The minimum Gasteiger partial charge on any atom is -0.375 e. The smallest absolute Gasteiger partial charge is 0.261 e. The summed E-state index contributed by atoms with van der Waals surface area (Å²) in [4.78, 5) is 23.2. The Hall–Kier alpha value is -3.14. The van der Waals surface area contributed by atoms with Gasteiger partial charge in [0.05, 0.1) is 42.9 Å². The highest BCUT2D eigenvalue weighted by molar-refractivity contribution is 6.30. The monoisotopic (exact) mass is 521 g/mol. The largest absolute Gasteiger partial charge is 0.375 e. The van der Waals surface area contributed by atoms with Crippen LogP contribution in [0.5, 0.6) is 0 Å². The fourth-order valence-corrected chi connectivity index (χ4v) is 5.53. The number of hydrogen-bond acceptors (Lipinski definition) is 6. The third-order valence-corrected chi connectivity index (χ3v) is 7.78. The summed E-state index contributed by atoms with van der Waals surface area (Å²) in [6.45, 7) is 1.29. The summed E-state index contributed by atoms with van der Waals surface area (Å²) in [5.74, 6) is -0.493. The maximum Gasteiger partial charge on any atom is 0.261 e. The fraction of sp³-hybridized carbons (Fsp3) is 0.407. The van der Waals surface area contributed by atoms with Gasteiger partial charge in [0, 0.05) is 53.1 Å². The van der Waals surface area contributed by atoms with E-state index in [2.05, 4.69) is 11.3 Å². The summed E-state index contributed by atoms with van der Waals surface area (Å²) in [5, 5.41) is 4.81. The van der Waals surface area contributed by atoms with Crippen LogP contribution < -0.4 is 5.56 Å². The van der Waals surface area contributed by atoms with Crippen LogP contribution in [0, 0.1) is 5.82 Å². The predicted octanol–water partition coefficient (Wildman–Crippen LogP) is 4.79. The van der Waals surface area contributed by atoms with Crippen LogP contribution in [0.25, 0.3) is 16.9 Å². The third kappa shape index (κ3) is 4.15. The Kier molecular flexibility index (Phi) is 5.60. The molecule has 3 aromatic heterocycles. The van der Waals surface area contributed by atoms with Crippen LogP contribution in [0.3, 0.4) is 0 Å². The van der Waals surface area contributed by atoms with E-state index in [0.717, 1.165) is 17.7 Å². The SMILES string of the molecule is O=c1c2c(nc3c(-c4ccc(Cl)cc4F)nc([C@@H]4CCO[C@H](c5cnn(C6CC6)c5)C4)cn13)COCC2. The molecule has 1 aromatic carbocycles. The fourth-order valence-electron chi connectivity index (χ4n) is 5.37. The summed E-state index contributed by atoms with van der Waals surface area (Å²) in [6.07, 6.45) is 9.89. The number of fused-ring (bicyclic) bond motifs is 2. The molecule has 1 saturated heterocycles.